The van der Waals surface area contributed by atoms with E-state index in [0.717, 1.165) is 47.3 Å². The summed E-state index contributed by atoms with van der Waals surface area (Å²) in [6.07, 6.45) is 17.5. The van der Waals surface area contributed by atoms with Crippen molar-refractivity contribution < 1.29 is 0 Å². The highest BCUT2D eigenvalue weighted by atomic mass is 14.8. The van der Waals surface area contributed by atoms with Crippen LogP contribution in [0.15, 0.2) is 24.3 Å². The van der Waals surface area contributed by atoms with Crippen molar-refractivity contribution in [2.45, 2.75) is 59.8 Å². The number of rotatable bonds is 2. The van der Waals surface area contributed by atoms with Gasteiger partial charge in [0, 0.05) is 0 Å². The molecule has 0 heterocycles. The standard InChI is InChI=1S/C24H34/c1-5-6-7-14-10-23(3)12-16(14)21-20(23)17-13-24(21,4)18-15-8-9-22(2,11-15)19(17)18/h5-6,8-9,14-21H,7,10-13H2,1-4H3. The predicted octanol–water partition coefficient (Wildman–Crippen LogP) is 6.10. The van der Waals surface area contributed by atoms with Crippen LogP contribution in [0, 0.1) is 63.6 Å². The van der Waals surface area contributed by atoms with E-state index in [0.29, 0.717) is 16.2 Å². The van der Waals surface area contributed by atoms with Gasteiger partial charge in [-0.05, 0) is 103 Å². The summed E-state index contributed by atoms with van der Waals surface area (Å²) < 4.78 is 0. The second kappa shape index (κ2) is 4.07. The lowest BCUT2D eigenvalue weighted by Crippen LogP contribution is -2.49. The van der Waals surface area contributed by atoms with Crippen LogP contribution in [0.5, 0.6) is 0 Å². The zero-order valence-electron chi connectivity index (χ0n) is 16.0. The molecule has 6 rings (SSSR count). The second-order valence-electron chi connectivity index (χ2n) is 11.5. The lowest BCUT2D eigenvalue weighted by atomic mass is 9.51. The Morgan fingerprint density at radius 3 is 2.54 bits per heavy atom. The van der Waals surface area contributed by atoms with Crippen molar-refractivity contribution in [2.24, 2.45) is 63.6 Å². The van der Waals surface area contributed by atoms with Gasteiger partial charge < -0.3 is 0 Å². The summed E-state index contributed by atoms with van der Waals surface area (Å²) in [5.74, 6) is 8.22. The van der Waals surface area contributed by atoms with E-state index in [1.165, 1.54) is 19.3 Å². The fourth-order valence-corrected chi connectivity index (χ4v) is 10.5. The first-order valence-electron chi connectivity index (χ1n) is 10.7. The van der Waals surface area contributed by atoms with Crippen LogP contribution in [-0.4, -0.2) is 0 Å². The number of allylic oxidation sites excluding steroid dienone is 4. The lowest BCUT2D eigenvalue weighted by Gasteiger charge is -2.54. The molecule has 0 aromatic heterocycles. The zero-order valence-corrected chi connectivity index (χ0v) is 16.0. The van der Waals surface area contributed by atoms with Crippen molar-refractivity contribution in [2.75, 3.05) is 0 Å². The van der Waals surface area contributed by atoms with Gasteiger partial charge in [0.15, 0.2) is 0 Å². The van der Waals surface area contributed by atoms with Gasteiger partial charge in [0.25, 0.3) is 0 Å². The fourth-order valence-electron chi connectivity index (χ4n) is 10.5. The van der Waals surface area contributed by atoms with Crippen molar-refractivity contribution in [1.29, 1.82) is 0 Å². The summed E-state index contributed by atoms with van der Waals surface area (Å²) in [7, 11) is 0. The Morgan fingerprint density at radius 2 is 1.75 bits per heavy atom. The molecule has 5 fully saturated rings. The monoisotopic (exact) mass is 322 g/mol. The third-order valence-electron chi connectivity index (χ3n) is 10.5. The van der Waals surface area contributed by atoms with Crippen molar-refractivity contribution in [3.8, 4) is 0 Å². The molecule has 6 aliphatic carbocycles. The molecule has 0 aromatic carbocycles. The van der Waals surface area contributed by atoms with Crippen LogP contribution in [-0.2, 0) is 0 Å². The maximum atomic E-state index is 2.75. The van der Waals surface area contributed by atoms with E-state index >= 15 is 0 Å². The van der Waals surface area contributed by atoms with E-state index in [4.69, 9.17) is 0 Å². The summed E-state index contributed by atoms with van der Waals surface area (Å²) in [6, 6.07) is 0. The van der Waals surface area contributed by atoms with E-state index in [-0.39, 0.29) is 0 Å². The summed E-state index contributed by atoms with van der Waals surface area (Å²) in [4.78, 5) is 0. The van der Waals surface area contributed by atoms with E-state index in [1.54, 1.807) is 12.8 Å². The van der Waals surface area contributed by atoms with E-state index in [9.17, 15) is 0 Å². The van der Waals surface area contributed by atoms with Crippen molar-refractivity contribution in [3.63, 3.8) is 0 Å². The zero-order chi connectivity index (χ0) is 16.5. The van der Waals surface area contributed by atoms with Crippen LogP contribution in [0.25, 0.3) is 0 Å². The first-order chi connectivity index (χ1) is 11.4. The maximum absolute atomic E-state index is 2.75. The van der Waals surface area contributed by atoms with Gasteiger partial charge in [0.05, 0.1) is 0 Å². The molecule has 5 saturated carbocycles. The Balaban J connectivity index is 1.43. The van der Waals surface area contributed by atoms with Crippen LogP contribution in [0.3, 0.4) is 0 Å². The summed E-state index contributed by atoms with van der Waals surface area (Å²) >= 11 is 0. The molecular formula is C24H34. The molecule has 6 bridgehead atoms. The first kappa shape index (κ1) is 14.6. The topological polar surface area (TPSA) is 0 Å². The second-order valence-corrected chi connectivity index (χ2v) is 11.5. The first-order valence-corrected chi connectivity index (χ1v) is 10.7. The fraction of sp³-hybridized carbons (Fsp3) is 0.833. The molecule has 0 nitrogen and oxygen atoms in total. The lowest BCUT2D eigenvalue weighted by molar-refractivity contribution is -0.0517. The highest BCUT2D eigenvalue weighted by Gasteiger charge is 2.78. The molecule has 6 aliphatic rings. The number of fused-ring (bicyclic) bond motifs is 16. The molecule has 0 aliphatic heterocycles. The molecule has 11 atom stereocenters. The van der Waals surface area contributed by atoms with Crippen LogP contribution in [0.1, 0.15) is 59.8 Å². The molecule has 0 saturated heterocycles. The van der Waals surface area contributed by atoms with Gasteiger partial charge in [-0.25, -0.2) is 0 Å². The largest absolute Gasteiger partial charge is 0.0917 e. The smallest absolute Gasteiger partial charge is 0.0107 e. The number of hydrogen-bond acceptors (Lipinski definition) is 0. The molecule has 0 spiro atoms. The quantitative estimate of drug-likeness (QED) is 0.425. The van der Waals surface area contributed by atoms with Crippen molar-refractivity contribution in [3.05, 3.63) is 24.3 Å². The Hall–Kier alpha value is -0.520. The molecule has 24 heavy (non-hydrogen) atoms. The van der Waals surface area contributed by atoms with Crippen LogP contribution in [0.4, 0.5) is 0 Å². The Kier molecular flexibility index (Phi) is 2.48. The Labute approximate surface area is 148 Å². The summed E-state index contributed by atoms with van der Waals surface area (Å²) in [5, 5.41) is 0. The normalized spacial score (nSPS) is 67.7. The third kappa shape index (κ3) is 1.36. The maximum Gasteiger partial charge on any atom is -0.0107 e. The molecule has 0 radical (unpaired) electrons. The summed E-state index contributed by atoms with van der Waals surface area (Å²) in [5.41, 5.74) is 1.91. The average molecular weight is 323 g/mol. The van der Waals surface area contributed by atoms with Gasteiger partial charge in [-0.2, -0.15) is 0 Å². The minimum Gasteiger partial charge on any atom is -0.0917 e. The van der Waals surface area contributed by atoms with Crippen molar-refractivity contribution in [1.82, 2.24) is 0 Å². The molecule has 0 amide bonds. The molecule has 11 unspecified atom stereocenters. The van der Waals surface area contributed by atoms with E-state index in [1.807, 2.05) is 0 Å². The van der Waals surface area contributed by atoms with E-state index < -0.39 is 0 Å². The van der Waals surface area contributed by atoms with Gasteiger partial charge in [-0.1, -0.05) is 45.1 Å². The van der Waals surface area contributed by atoms with Crippen molar-refractivity contribution >= 4 is 0 Å². The highest BCUT2D eigenvalue weighted by Crippen LogP contribution is 2.84. The molecule has 0 N–H and O–H groups in total. The van der Waals surface area contributed by atoms with Gasteiger partial charge >= 0.3 is 0 Å². The number of hydrogen-bond donors (Lipinski definition) is 0. The predicted molar refractivity (Wildman–Crippen MR) is 99.3 cm³/mol. The highest BCUT2D eigenvalue weighted by molar-refractivity contribution is 5.32. The SMILES string of the molecule is CC=CCC1CC2(C)CC1C1C2C2CC1(C)C1C3C=CC(C)(C3)C21. The summed E-state index contributed by atoms with van der Waals surface area (Å²) in [6.45, 7) is 10.3. The molecule has 0 aromatic rings. The van der Waals surface area contributed by atoms with E-state index in [2.05, 4.69) is 52.0 Å². The van der Waals surface area contributed by atoms with Gasteiger partial charge in [-0.15, -0.1) is 0 Å². The van der Waals surface area contributed by atoms with Crippen LogP contribution < -0.4 is 0 Å². The minimum atomic E-state index is 0.561. The van der Waals surface area contributed by atoms with Gasteiger partial charge in [0.2, 0.25) is 0 Å². The van der Waals surface area contributed by atoms with Gasteiger partial charge in [0.1, 0.15) is 0 Å². The molecule has 0 heteroatoms. The third-order valence-corrected chi connectivity index (χ3v) is 10.5. The van der Waals surface area contributed by atoms with Gasteiger partial charge in [-0.3, -0.25) is 0 Å². The Morgan fingerprint density at radius 1 is 0.917 bits per heavy atom. The molecule has 130 valence electrons. The van der Waals surface area contributed by atoms with Crippen LogP contribution >= 0.6 is 0 Å². The average Bonchev–Trinajstić information content (AvgIpc) is 3.29. The molecular weight excluding hydrogens is 288 g/mol. The minimum absolute atomic E-state index is 0.561. The Bertz CT molecular complexity index is 657. The van der Waals surface area contributed by atoms with Crippen LogP contribution in [0.2, 0.25) is 0 Å².